The highest BCUT2D eigenvalue weighted by molar-refractivity contribution is 6.34. The maximum absolute atomic E-state index is 12.5. The van der Waals surface area contributed by atoms with Gasteiger partial charge in [-0.1, -0.05) is 22.8 Å². The molecule has 7 nitrogen and oxygen atoms in total. The quantitative estimate of drug-likeness (QED) is 0.687. The maximum atomic E-state index is 12.5. The number of anilines is 1. The number of rotatable bonds is 4. The van der Waals surface area contributed by atoms with Gasteiger partial charge in [-0.3, -0.25) is 14.6 Å². The van der Waals surface area contributed by atoms with Gasteiger partial charge in [0.2, 0.25) is 5.91 Å². The second-order valence-electron chi connectivity index (χ2n) is 7.34. The molecule has 1 N–H and O–H groups in total. The zero-order valence-corrected chi connectivity index (χ0v) is 17.7. The van der Waals surface area contributed by atoms with E-state index < -0.39 is 0 Å². The number of carbonyl (C=O) groups excluding carboxylic acids is 2. The Hall–Kier alpha value is -3.19. The van der Waals surface area contributed by atoms with Crippen molar-refractivity contribution in [3.05, 3.63) is 63.8 Å². The third kappa shape index (κ3) is 3.57. The van der Waals surface area contributed by atoms with Crippen molar-refractivity contribution in [2.45, 2.75) is 33.2 Å². The van der Waals surface area contributed by atoms with E-state index in [0.717, 1.165) is 22.4 Å². The van der Waals surface area contributed by atoms with Gasteiger partial charge >= 0.3 is 0 Å². The number of nitrogens with zero attached hydrogens (tertiary/aromatic N) is 3. The fourth-order valence-corrected chi connectivity index (χ4v) is 3.98. The summed E-state index contributed by atoms with van der Waals surface area (Å²) in [6.45, 7) is 3.65. The van der Waals surface area contributed by atoms with Crippen molar-refractivity contribution in [3.63, 3.8) is 0 Å². The number of halogens is 1. The summed E-state index contributed by atoms with van der Waals surface area (Å²) in [7, 11) is 1.79. The van der Waals surface area contributed by atoms with Crippen LogP contribution >= 0.6 is 11.6 Å². The molecule has 4 rings (SSSR count). The van der Waals surface area contributed by atoms with Gasteiger partial charge in [0.15, 0.2) is 0 Å². The second-order valence-corrected chi connectivity index (χ2v) is 7.72. The number of aromatic nitrogens is 2. The summed E-state index contributed by atoms with van der Waals surface area (Å²) in [6.07, 6.45) is 4.54. The summed E-state index contributed by atoms with van der Waals surface area (Å²) in [5.41, 5.74) is 5.41. The number of hydrogen-bond donors (Lipinski definition) is 1. The predicted molar refractivity (Wildman–Crippen MR) is 114 cm³/mol. The van der Waals surface area contributed by atoms with Gasteiger partial charge in [0.05, 0.1) is 10.7 Å². The first-order chi connectivity index (χ1) is 14.4. The topological polar surface area (TPSA) is 88.3 Å². The Morgan fingerprint density at radius 1 is 1.27 bits per heavy atom. The Morgan fingerprint density at radius 2 is 2.07 bits per heavy atom. The van der Waals surface area contributed by atoms with Crippen LogP contribution in [0.1, 0.15) is 39.4 Å². The van der Waals surface area contributed by atoms with Gasteiger partial charge in [0.1, 0.15) is 11.3 Å². The number of amides is 2. The molecule has 30 heavy (non-hydrogen) atoms. The van der Waals surface area contributed by atoms with Crippen molar-refractivity contribution >= 4 is 29.1 Å². The van der Waals surface area contributed by atoms with Crippen molar-refractivity contribution < 1.29 is 14.1 Å². The first kappa shape index (κ1) is 20.1. The van der Waals surface area contributed by atoms with E-state index in [2.05, 4.69) is 15.5 Å². The summed E-state index contributed by atoms with van der Waals surface area (Å²) in [6, 6.07) is 5.92. The highest BCUT2D eigenvalue weighted by atomic mass is 35.5. The number of aryl methyl sites for hydroxylation is 3. The number of fused-ring (bicyclic) bond motifs is 1. The van der Waals surface area contributed by atoms with Gasteiger partial charge in [-0.05, 0) is 43.5 Å². The first-order valence-electron chi connectivity index (χ1n) is 9.60. The Bertz CT molecular complexity index is 1140. The minimum absolute atomic E-state index is 0.117. The number of benzene rings is 1. The monoisotopic (exact) mass is 424 g/mol. The van der Waals surface area contributed by atoms with Crippen LogP contribution in [0.4, 0.5) is 5.69 Å². The molecular formula is C22H21ClN4O3. The van der Waals surface area contributed by atoms with Crippen molar-refractivity contribution in [1.82, 2.24) is 15.5 Å². The Morgan fingerprint density at radius 3 is 2.80 bits per heavy atom. The highest BCUT2D eigenvalue weighted by Gasteiger charge is 2.22. The van der Waals surface area contributed by atoms with Crippen LogP contribution in [0.2, 0.25) is 5.02 Å². The van der Waals surface area contributed by atoms with Crippen molar-refractivity contribution in [1.29, 1.82) is 0 Å². The summed E-state index contributed by atoms with van der Waals surface area (Å²) < 4.78 is 5.06. The maximum Gasteiger partial charge on any atom is 0.257 e. The normalized spacial score (nSPS) is 13.3. The van der Waals surface area contributed by atoms with Crippen LogP contribution in [-0.4, -0.2) is 29.0 Å². The van der Waals surface area contributed by atoms with Crippen LogP contribution in [0, 0.1) is 13.8 Å². The molecule has 0 saturated carbocycles. The highest BCUT2D eigenvalue weighted by Crippen LogP contribution is 2.35. The predicted octanol–water partition coefficient (Wildman–Crippen LogP) is 3.85. The first-order valence-corrected chi connectivity index (χ1v) is 9.98. The Balaban J connectivity index is 1.58. The average Bonchev–Trinajstić information content (AvgIpc) is 3.08. The minimum Gasteiger partial charge on any atom is -0.361 e. The second kappa shape index (κ2) is 7.91. The molecule has 8 heteroatoms. The summed E-state index contributed by atoms with van der Waals surface area (Å²) in [4.78, 5) is 30.4. The number of hydrogen-bond acceptors (Lipinski definition) is 5. The van der Waals surface area contributed by atoms with Gasteiger partial charge in [0, 0.05) is 49.2 Å². The van der Waals surface area contributed by atoms with E-state index in [0.29, 0.717) is 40.4 Å². The third-order valence-electron chi connectivity index (χ3n) is 5.39. The lowest BCUT2D eigenvalue weighted by Gasteiger charge is -2.26. The molecule has 0 aliphatic carbocycles. The molecule has 2 amide bonds. The molecule has 3 aromatic rings. The summed E-state index contributed by atoms with van der Waals surface area (Å²) in [5.74, 6) is 0.320. The summed E-state index contributed by atoms with van der Waals surface area (Å²) in [5, 5.41) is 7.20. The number of nitrogens with one attached hydrogen (secondary N) is 1. The molecule has 0 fully saturated rings. The summed E-state index contributed by atoms with van der Waals surface area (Å²) >= 11 is 6.66. The molecule has 0 atom stereocenters. The van der Waals surface area contributed by atoms with Crippen molar-refractivity contribution in [3.8, 4) is 11.1 Å². The largest absolute Gasteiger partial charge is 0.361 e. The van der Waals surface area contributed by atoms with Gasteiger partial charge in [-0.2, -0.15) is 0 Å². The lowest BCUT2D eigenvalue weighted by Crippen LogP contribution is -2.30. The molecule has 2 aromatic heterocycles. The zero-order valence-electron chi connectivity index (χ0n) is 17.0. The van der Waals surface area contributed by atoms with Gasteiger partial charge in [-0.25, -0.2) is 0 Å². The van der Waals surface area contributed by atoms with E-state index in [4.69, 9.17) is 16.1 Å². The van der Waals surface area contributed by atoms with Gasteiger partial charge < -0.3 is 14.7 Å². The SMILES string of the molecule is Cc1noc(C)c1C(=O)NCc1cncc(-c2ccc3c(c2)CCC(=O)N3C)c1Cl. The van der Waals surface area contributed by atoms with Crippen LogP contribution in [0.25, 0.3) is 11.1 Å². The fraction of sp³-hybridized carbons (Fsp3) is 0.273. The molecule has 1 aromatic carbocycles. The fourth-order valence-electron chi connectivity index (χ4n) is 3.71. The molecule has 0 radical (unpaired) electrons. The van der Waals surface area contributed by atoms with Crippen LogP contribution in [0.5, 0.6) is 0 Å². The van der Waals surface area contributed by atoms with Crippen molar-refractivity contribution in [2.75, 3.05) is 11.9 Å². The Labute approximate surface area is 179 Å². The zero-order chi connectivity index (χ0) is 21.4. The molecule has 0 bridgehead atoms. The van der Waals surface area contributed by atoms with Crippen molar-refractivity contribution in [2.24, 2.45) is 0 Å². The van der Waals surface area contributed by atoms with E-state index in [-0.39, 0.29) is 18.4 Å². The van der Waals surface area contributed by atoms with Gasteiger partial charge in [-0.15, -0.1) is 0 Å². The molecule has 1 aliphatic heterocycles. The van der Waals surface area contributed by atoms with E-state index in [9.17, 15) is 9.59 Å². The van der Waals surface area contributed by atoms with E-state index in [1.165, 1.54) is 0 Å². The van der Waals surface area contributed by atoms with E-state index in [1.807, 2.05) is 18.2 Å². The molecular weight excluding hydrogens is 404 g/mol. The number of carbonyl (C=O) groups is 2. The van der Waals surface area contributed by atoms with Crippen LogP contribution in [0.3, 0.4) is 0 Å². The lowest BCUT2D eigenvalue weighted by molar-refractivity contribution is -0.118. The van der Waals surface area contributed by atoms with Crippen LogP contribution < -0.4 is 10.2 Å². The molecule has 0 spiro atoms. The molecule has 0 saturated heterocycles. The Kier molecular flexibility index (Phi) is 5.30. The third-order valence-corrected chi connectivity index (χ3v) is 5.83. The molecule has 1 aliphatic rings. The lowest BCUT2D eigenvalue weighted by atomic mass is 9.96. The van der Waals surface area contributed by atoms with E-state index >= 15 is 0 Å². The average molecular weight is 425 g/mol. The number of pyridine rings is 1. The molecule has 154 valence electrons. The standard InChI is InChI=1S/C22H21ClN4O3/c1-12-20(13(2)30-26-12)22(29)25-10-16-9-24-11-17(21(16)23)14-4-6-18-15(8-14)5-7-19(28)27(18)3/h4,6,8-9,11H,5,7,10H2,1-3H3,(H,25,29). The van der Waals surface area contributed by atoms with E-state index in [1.54, 1.807) is 38.2 Å². The van der Waals surface area contributed by atoms with Crippen LogP contribution in [0.15, 0.2) is 35.1 Å². The van der Waals surface area contributed by atoms with Crippen LogP contribution in [-0.2, 0) is 17.8 Å². The smallest absolute Gasteiger partial charge is 0.257 e. The molecule has 3 heterocycles. The molecule has 0 unspecified atom stereocenters. The van der Waals surface area contributed by atoms with Gasteiger partial charge in [0.25, 0.3) is 5.91 Å². The minimum atomic E-state index is -0.269.